The fraction of sp³-hybridized carbons (Fsp3) is 0.0769. The Morgan fingerprint density at radius 1 is 1.24 bits per heavy atom. The highest BCUT2D eigenvalue weighted by molar-refractivity contribution is 5.93. The maximum atomic E-state index is 10.8. The molecule has 4 nitrogen and oxygen atoms in total. The highest BCUT2D eigenvalue weighted by Gasteiger charge is 2.07. The summed E-state index contributed by atoms with van der Waals surface area (Å²) < 4.78 is 0. The molecule has 0 aliphatic heterocycles. The van der Waals surface area contributed by atoms with Gasteiger partial charge in [0, 0.05) is 5.57 Å². The van der Waals surface area contributed by atoms with Crippen molar-refractivity contribution in [2.75, 3.05) is 0 Å². The lowest BCUT2D eigenvalue weighted by molar-refractivity contribution is -0.132. The molecule has 0 spiro atoms. The van der Waals surface area contributed by atoms with Crippen LogP contribution in [0.3, 0.4) is 0 Å². The van der Waals surface area contributed by atoms with Crippen LogP contribution in [0.1, 0.15) is 28.4 Å². The van der Waals surface area contributed by atoms with E-state index < -0.39 is 11.9 Å². The second kappa shape index (κ2) is 5.12. The average Bonchev–Trinajstić information content (AvgIpc) is 2.28. The van der Waals surface area contributed by atoms with Crippen molar-refractivity contribution < 1.29 is 19.8 Å². The molecule has 1 aromatic rings. The standard InChI is InChI=1S/C13H12O4/c1-3-9-7-11(13(16)17)5-4-10(9)6-8(2)12(14)15/h3-7H,1H2,2H3,(H,14,15)(H,16,17)/b8-6+. The van der Waals surface area contributed by atoms with Gasteiger partial charge in [0.15, 0.2) is 0 Å². The zero-order valence-corrected chi connectivity index (χ0v) is 9.30. The van der Waals surface area contributed by atoms with Gasteiger partial charge >= 0.3 is 11.9 Å². The third kappa shape index (κ3) is 3.04. The molecule has 0 aromatic heterocycles. The first-order chi connectivity index (χ1) is 7.95. The van der Waals surface area contributed by atoms with Gasteiger partial charge in [0.25, 0.3) is 0 Å². The third-order valence-corrected chi connectivity index (χ3v) is 2.26. The van der Waals surface area contributed by atoms with E-state index in [1.165, 1.54) is 31.2 Å². The molecule has 0 aliphatic carbocycles. The van der Waals surface area contributed by atoms with Gasteiger partial charge in [-0.3, -0.25) is 0 Å². The molecule has 0 aliphatic rings. The van der Waals surface area contributed by atoms with Crippen LogP contribution < -0.4 is 0 Å². The summed E-state index contributed by atoms with van der Waals surface area (Å²) in [7, 11) is 0. The maximum Gasteiger partial charge on any atom is 0.335 e. The summed E-state index contributed by atoms with van der Waals surface area (Å²) in [5.41, 5.74) is 1.54. The number of aliphatic carboxylic acids is 1. The summed E-state index contributed by atoms with van der Waals surface area (Å²) in [6.45, 7) is 5.05. The minimum absolute atomic E-state index is 0.144. The van der Waals surface area contributed by atoms with Crippen LogP contribution in [-0.2, 0) is 4.79 Å². The van der Waals surface area contributed by atoms with E-state index in [1.54, 1.807) is 6.07 Å². The summed E-state index contributed by atoms with van der Waals surface area (Å²) in [6.07, 6.45) is 2.97. The van der Waals surface area contributed by atoms with E-state index in [2.05, 4.69) is 6.58 Å². The van der Waals surface area contributed by atoms with Crippen molar-refractivity contribution in [3.05, 3.63) is 47.0 Å². The van der Waals surface area contributed by atoms with Gasteiger partial charge in [-0.05, 0) is 36.3 Å². The van der Waals surface area contributed by atoms with E-state index in [9.17, 15) is 9.59 Å². The Hall–Kier alpha value is -2.36. The molecule has 0 bridgehead atoms. The van der Waals surface area contributed by atoms with Crippen molar-refractivity contribution in [3.8, 4) is 0 Å². The molecule has 17 heavy (non-hydrogen) atoms. The number of aromatic carboxylic acids is 1. The van der Waals surface area contributed by atoms with Crippen LogP contribution in [0.5, 0.6) is 0 Å². The Labute approximate surface area is 98.5 Å². The number of hydrogen-bond donors (Lipinski definition) is 2. The summed E-state index contributed by atoms with van der Waals surface area (Å²) in [4.78, 5) is 21.5. The topological polar surface area (TPSA) is 74.6 Å². The SMILES string of the molecule is C=Cc1cc(C(=O)O)ccc1/C=C(\C)C(=O)O. The van der Waals surface area contributed by atoms with E-state index in [0.717, 1.165) is 0 Å². The smallest absolute Gasteiger partial charge is 0.335 e. The first-order valence-electron chi connectivity index (χ1n) is 4.87. The minimum atomic E-state index is -1.03. The Morgan fingerprint density at radius 2 is 1.88 bits per heavy atom. The van der Waals surface area contributed by atoms with Gasteiger partial charge in [-0.1, -0.05) is 18.7 Å². The van der Waals surface area contributed by atoms with Gasteiger partial charge in [0.05, 0.1) is 5.56 Å². The molecule has 0 heterocycles. The van der Waals surface area contributed by atoms with Crippen molar-refractivity contribution in [2.45, 2.75) is 6.92 Å². The minimum Gasteiger partial charge on any atom is -0.478 e. The Balaban J connectivity index is 3.27. The molecule has 0 atom stereocenters. The van der Waals surface area contributed by atoms with Crippen LogP contribution in [0.4, 0.5) is 0 Å². The van der Waals surface area contributed by atoms with E-state index in [-0.39, 0.29) is 11.1 Å². The van der Waals surface area contributed by atoms with E-state index in [0.29, 0.717) is 11.1 Å². The number of carboxylic acid groups (broad SMARTS) is 2. The molecular formula is C13H12O4. The molecule has 0 radical (unpaired) electrons. The summed E-state index contributed by atoms with van der Waals surface area (Å²) in [5, 5.41) is 17.6. The quantitative estimate of drug-likeness (QED) is 0.782. The molecule has 0 fully saturated rings. The molecule has 0 amide bonds. The Morgan fingerprint density at radius 3 is 2.35 bits per heavy atom. The van der Waals surface area contributed by atoms with Crippen LogP contribution in [0.25, 0.3) is 12.2 Å². The summed E-state index contributed by atoms with van der Waals surface area (Å²) >= 11 is 0. The van der Waals surface area contributed by atoms with Crippen LogP contribution in [0.2, 0.25) is 0 Å². The number of carbonyl (C=O) groups is 2. The molecule has 0 saturated carbocycles. The molecule has 1 aromatic carbocycles. The number of carboxylic acids is 2. The number of hydrogen-bond acceptors (Lipinski definition) is 2. The molecule has 2 N–H and O–H groups in total. The fourth-order valence-electron chi connectivity index (χ4n) is 1.31. The lowest BCUT2D eigenvalue weighted by atomic mass is 10.0. The molecule has 0 unspecified atom stereocenters. The largest absolute Gasteiger partial charge is 0.478 e. The highest BCUT2D eigenvalue weighted by Crippen LogP contribution is 2.17. The van der Waals surface area contributed by atoms with Gasteiger partial charge in [-0.15, -0.1) is 0 Å². The van der Waals surface area contributed by atoms with Crippen LogP contribution in [-0.4, -0.2) is 22.2 Å². The number of rotatable bonds is 4. The lowest BCUT2D eigenvalue weighted by Crippen LogP contribution is -1.99. The van der Waals surface area contributed by atoms with Crippen LogP contribution in [0, 0.1) is 0 Å². The summed E-state index contributed by atoms with van der Waals surface area (Å²) in [6, 6.07) is 4.44. The predicted octanol–water partition coefficient (Wildman–Crippen LogP) is 2.52. The fourth-order valence-corrected chi connectivity index (χ4v) is 1.31. The van der Waals surface area contributed by atoms with Gasteiger partial charge in [0.2, 0.25) is 0 Å². The Kier molecular flexibility index (Phi) is 3.82. The molecule has 1 rings (SSSR count). The van der Waals surface area contributed by atoms with Crippen molar-refractivity contribution >= 4 is 24.1 Å². The first-order valence-corrected chi connectivity index (χ1v) is 4.87. The zero-order valence-electron chi connectivity index (χ0n) is 9.30. The van der Waals surface area contributed by atoms with E-state index >= 15 is 0 Å². The second-order valence-corrected chi connectivity index (χ2v) is 3.49. The van der Waals surface area contributed by atoms with Crippen LogP contribution in [0.15, 0.2) is 30.4 Å². The lowest BCUT2D eigenvalue weighted by Gasteiger charge is -2.03. The maximum absolute atomic E-state index is 10.8. The second-order valence-electron chi connectivity index (χ2n) is 3.49. The van der Waals surface area contributed by atoms with Gasteiger partial charge in [-0.2, -0.15) is 0 Å². The van der Waals surface area contributed by atoms with Crippen molar-refractivity contribution in [1.29, 1.82) is 0 Å². The first kappa shape index (κ1) is 12.7. The highest BCUT2D eigenvalue weighted by atomic mass is 16.4. The zero-order chi connectivity index (χ0) is 13.0. The van der Waals surface area contributed by atoms with Crippen molar-refractivity contribution in [2.24, 2.45) is 0 Å². The molecule has 4 heteroatoms. The average molecular weight is 232 g/mol. The van der Waals surface area contributed by atoms with Crippen molar-refractivity contribution in [1.82, 2.24) is 0 Å². The number of benzene rings is 1. The molecule has 0 saturated heterocycles. The predicted molar refractivity (Wildman–Crippen MR) is 64.8 cm³/mol. The van der Waals surface area contributed by atoms with Crippen LogP contribution >= 0.6 is 0 Å². The molecule has 88 valence electrons. The Bertz CT molecular complexity index is 512. The van der Waals surface area contributed by atoms with E-state index in [1.807, 2.05) is 0 Å². The van der Waals surface area contributed by atoms with Gasteiger partial charge in [-0.25, -0.2) is 9.59 Å². The molecular weight excluding hydrogens is 220 g/mol. The van der Waals surface area contributed by atoms with Gasteiger partial charge in [0.1, 0.15) is 0 Å². The van der Waals surface area contributed by atoms with Gasteiger partial charge < -0.3 is 10.2 Å². The normalized spacial score (nSPS) is 11.0. The van der Waals surface area contributed by atoms with Crippen molar-refractivity contribution in [3.63, 3.8) is 0 Å². The van der Waals surface area contributed by atoms with E-state index in [4.69, 9.17) is 10.2 Å². The monoisotopic (exact) mass is 232 g/mol. The third-order valence-electron chi connectivity index (χ3n) is 2.26. The summed E-state index contributed by atoms with van der Waals surface area (Å²) in [5.74, 6) is -2.04.